The maximum Gasteiger partial charge on any atom is 0.460 e. The molecule has 0 aliphatic rings. The predicted molar refractivity (Wildman–Crippen MR) is 88.3 cm³/mol. The van der Waals surface area contributed by atoms with Crippen molar-refractivity contribution in [3.8, 4) is 0 Å². The van der Waals surface area contributed by atoms with Gasteiger partial charge in [-0.1, -0.05) is 0 Å². The number of rotatable bonds is 12. The van der Waals surface area contributed by atoms with Crippen molar-refractivity contribution in [2.75, 3.05) is 0 Å². The molecule has 0 N–H and O–H groups in total. The van der Waals surface area contributed by atoms with E-state index in [2.05, 4.69) is 0 Å². The van der Waals surface area contributed by atoms with E-state index >= 15 is 0 Å². The summed E-state index contributed by atoms with van der Waals surface area (Å²) in [6, 6.07) is -6.52. The van der Waals surface area contributed by atoms with E-state index in [-0.39, 0.29) is 0 Å². The number of halogens is 26. The molecule has 0 aliphatic heterocycles. The quantitative estimate of drug-likeness (QED) is 0.107. The van der Waals surface area contributed by atoms with E-state index in [0.717, 1.165) is 0 Å². The average Bonchev–Trinajstić information content (AvgIpc) is 2.69. The average molecular weight is 732 g/mol. The first kappa shape index (κ1) is 39.5. The van der Waals surface area contributed by atoms with Crippen molar-refractivity contribution in [3.63, 3.8) is 0 Å². The summed E-state index contributed by atoms with van der Waals surface area (Å²) in [5.41, 5.74) is 0. The van der Waals surface area contributed by atoms with Gasteiger partial charge in [0.2, 0.25) is 0 Å². The van der Waals surface area contributed by atoms with Crippen molar-refractivity contribution >= 4 is 39.2 Å². The van der Waals surface area contributed by atoms with Gasteiger partial charge in [0.25, 0.3) is 0 Å². The molecule has 0 aromatic rings. The lowest BCUT2D eigenvalue weighted by Gasteiger charge is -2.45. The van der Waals surface area contributed by atoms with Crippen molar-refractivity contribution in [1.82, 2.24) is 0 Å². The molecule has 242 valence electrons. The molecule has 0 rings (SSSR count). The molecule has 0 aromatic carbocycles. The van der Waals surface area contributed by atoms with E-state index in [0.29, 0.717) is 0 Å². The van der Waals surface area contributed by atoms with Gasteiger partial charge in [-0.15, -0.1) is 33.2 Å². The fraction of sp³-hybridized carbons (Fsp3) is 1.00. The second-order valence-electron chi connectivity index (χ2n) is 7.49. The molecular weight excluding hydrogens is 728 g/mol. The van der Waals surface area contributed by atoms with Gasteiger partial charge in [-0.3, -0.25) is 0 Å². The summed E-state index contributed by atoms with van der Waals surface area (Å²) < 4.78 is 304. The van der Waals surface area contributed by atoms with Crippen LogP contribution in [-0.2, 0) is 0 Å². The molecule has 0 spiro atoms. The Labute approximate surface area is 218 Å². The van der Waals surface area contributed by atoms with Crippen molar-refractivity contribution < 1.29 is 101 Å². The third-order valence-electron chi connectivity index (χ3n) is 4.69. The Kier molecular flexibility index (Phi) is 9.88. The van der Waals surface area contributed by atoms with Crippen LogP contribution in [0, 0.1) is 0 Å². The third kappa shape index (κ3) is 5.36. The molecule has 0 saturated heterocycles. The summed E-state index contributed by atoms with van der Waals surface area (Å²) in [7, 11) is 0. The van der Waals surface area contributed by atoms with Gasteiger partial charge in [0.15, 0.2) is 0 Å². The first-order chi connectivity index (χ1) is 16.7. The fourth-order valence-electron chi connectivity index (χ4n) is 2.24. The van der Waals surface area contributed by atoms with Crippen LogP contribution >= 0.6 is 33.2 Å². The van der Waals surface area contributed by atoms with Crippen LogP contribution in [0.25, 0.3) is 0 Å². The summed E-state index contributed by atoms with van der Waals surface area (Å²) in [4.78, 5) is 0. The Morgan fingerprint density at radius 3 is 0.725 bits per heavy atom. The largest absolute Gasteiger partial charge is 0.460 e. The van der Waals surface area contributed by atoms with Gasteiger partial charge in [0, 0.05) is 6.42 Å². The highest BCUT2D eigenvalue weighted by Gasteiger charge is 2.98. The summed E-state index contributed by atoms with van der Waals surface area (Å²) >= 11 is 14.7. The smallest absolute Gasteiger partial charge is 0.200 e. The highest BCUT2D eigenvalue weighted by atomic mass is 35.8. The number of alkyl halides is 23. The van der Waals surface area contributed by atoms with Crippen molar-refractivity contribution in [2.24, 2.45) is 0 Å². The molecular formula is C13H4Cl3F23Si. The number of hydrogen-bond donors (Lipinski definition) is 0. The minimum atomic E-state index is -9.42. The van der Waals surface area contributed by atoms with Crippen LogP contribution in [0.3, 0.4) is 0 Å². The van der Waals surface area contributed by atoms with Gasteiger partial charge in [-0.05, 0) is 6.04 Å². The van der Waals surface area contributed by atoms with E-state index in [9.17, 15) is 101 Å². The molecule has 27 heteroatoms. The highest BCUT2D eigenvalue weighted by molar-refractivity contribution is 7.64. The Balaban J connectivity index is 7.11. The monoisotopic (exact) mass is 730 g/mol. The van der Waals surface area contributed by atoms with Gasteiger partial charge >= 0.3 is 71.4 Å². The first-order valence-corrected chi connectivity index (χ1v) is 13.9. The lowest BCUT2D eigenvalue weighted by Crippen LogP contribution is -2.77. The zero-order valence-electron chi connectivity index (χ0n) is 17.2. The number of hydrogen-bond acceptors (Lipinski definition) is 0. The van der Waals surface area contributed by atoms with Gasteiger partial charge in [0.05, 0.1) is 0 Å². The zero-order valence-corrected chi connectivity index (χ0v) is 20.5. The van der Waals surface area contributed by atoms with E-state index in [4.69, 9.17) is 33.2 Å². The van der Waals surface area contributed by atoms with Crippen LogP contribution in [0.1, 0.15) is 6.42 Å². The molecule has 0 nitrogen and oxygen atoms in total. The Bertz CT molecular complexity index is 916. The van der Waals surface area contributed by atoms with E-state index < -0.39 is 83.9 Å². The zero-order chi connectivity index (χ0) is 33.4. The van der Waals surface area contributed by atoms with Crippen LogP contribution in [0.2, 0.25) is 6.04 Å². The lowest BCUT2D eigenvalue weighted by atomic mass is 9.85. The summed E-state index contributed by atoms with van der Waals surface area (Å²) in [6.07, 6.45) is -11.1. The van der Waals surface area contributed by atoms with Crippen LogP contribution in [0.15, 0.2) is 0 Å². The second-order valence-corrected chi connectivity index (χ2v) is 16.8. The minimum absolute atomic E-state index is 1.92. The van der Waals surface area contributed by atoms with Gasteiger partial charge in [-0.25, -0.2) is 0 Å². The van der Waals surface area contributed by atoms with Crippen LogP contribution in [0.4, 0.5) is 101 Å². The molecule has 0 atom stereocenters. The Morgan fingerprint density at radius 2 is 0.525 bits per heavy atom. The fourth-order valence-corrected chi connectivity index (χ4v) is 3.69. The summed E-state index contributed by atoms with van der Waals surface area (Å²) in [5, 5.41) is 0. The van der Waals surface area contributed by atoms with Gasteiger partial charge in [0.1, 0.15) is 0 Å². The molecule has 0 radical (unpaired) electrons. The first-order valence-electron chi connectivity index (χ1n) is 8.62. The molecule has 0 aliphatic carbocycles. The molecule has 0 unspecified atom stereocenters. The topological polar surface area (TPSA) is 0 Å². The second kappa shape index (κ2) is 10.0. The molecule has 0 fully saturated rings. The van der Waals surface area contributed by atoms with Crippen molar-refractivity contribution in [3.05, 3.63) is 0 Å². The van der Waals surface area contributed by atoms with Gasteiger partial charge in [-0.2, -0.15) is 101 Å². The van der Waals surface area contributed by atoms with Crippen molar-refractivity contribution in [1.29, 1.82) is 0 Å². The molecule has 0 aromatic heterocycles. The maximum absolute atomic E-state index is 13.7. The minimum Gasteiger partial charge on any atom is -0.200 e. The normalized spacial score (nSPS) is 16.9. The maximum atomic E-state index is 13.7. The molecule has 0 heterocycles. The van der Waals surface area contributed by atoms with E-state index in [1.54, 1.807) is 0 Å². The molecule has 0 bridgehead atoms. The summed E-state index contributed by atoms with van der Waals surface area (Å²) in [5.74, 6) is -87.8. The van der Waals surface area contributed by atoms with Gasteiger partial charge < -0.3 is 0 Å². The lowest BCUT2D eigenvalue weighted by molar-refractivity contribution is -0.478. The highest BCUT2D eigenvalue weighted by Crippen LogP contribution is 2.67. The molecule has 0 amide bonds. The van der Waals surface area contributed by atoms with Crippen LogP contribution < -0.4 is 0 Å². The molecule has 0 saturated carbocycles. The Hall–Kier alpha value is -0.523. The predicted octanol–water partition coefficient (Wildman–Crippen LogP) is 9.95. The standard InChI is InChI=1S/C13H4Cl3F23Si/c14-40(15,16)2-1-3(17,18)4(19,20)5(21,22)6(23,24)7(25,26)8(27,28)9(29,30)10(31,32)11(33,34)12(35,36)13(37,38)39/h1-2H2. The summed E-state index contributed by atoms with van der Waals surface area (Å²) in [6.45, 7) is 0. The van der Waals surface area contributed by atoms with Crippen molar-refractivity contribution in [2.45, 2.75) is 77.9 Å². The van der Waals surface area contributed by atoms with Crippen LogP contribution in [0.5, 0.6) is 0 Å². The Morgan fingerprint density at radius 1 is 0.325 bits per heavy atom. The van der Waals surface area contributed by atoms with E-state index in [1.807, 2.05) is 0 Å². The third-order valence-corrected chi connectivity index (χ3v) is 7.21. The SMILES string of the molecule is FC(F)(F)C(F)(F)C(F)(F)C(F)(F)C(F)(F)C(F)(F)C(F)(F)C(F)(F)C(F)(F)C(F)(F)C(F)(F)CC[Si](Cl)(Cl)Cl. The molecule has 40 heavy (non-hydrogen) atoms. The van der Waals surface area contributed by atoms with E-state index in [1.165, 1.54) is 0 Å². The van der Waals surface area contributed by atoms with Crippen LogP contribution in [-0.4, -0.2) is 71.4 Å².